The second-order valence-corrected chi connectivity index (χ2v) is 12.1. The van der Waals surface area contributed by atoms with E-state index in [2.05, 4.69) is 51.7 Å². The fourth-order valence-corrected chi connectivity index (χ4v) is 6.61. The van der Waals surface area contributed by atoms with E-state index in [9.17, 15) is 0 Å². The van der Waals surface area contributed by atoms with Crippen molar-refractivity contribution < 1.29 is 0 Å². The van der Waals surface area contributed by atoms with Crippen LogP contribution in [-0.2, 0) is 40.4 Å². The molecule has 0 N–H and O–H groups in total. The molecule has 0 spiro atoms. The molecule has 3 aromatic heterocycles. The zero-order valence-corrected chi connectivity index (χ0v) is 25.4. The maximum atomic E-state index is 4.25. The Labute approximate surface area is 235 Å². The Morgan fingerprint density at radius 1 is 0.487 bits per heavy atom. The topological polar surface area (TPSA) is 92.1 Å². The van der Waals surface area contributed by atoms with E-state index in [1.807, 2.05) is 35.2 Å². The van der Waals surface area contributed by atoms with Crippen LogP contribution >= 0.6 is 0 Å². The first kappa shape index (κ1) is 29.4. The summed E-state index contributed by atoms with van der Waals surface area (Å²) in [6.07, 6.45) is 19.2. The Kier molecular flexibility index (Phi) is 10.7. The summed E-state index contributed by atoms with van der Waals surface area (Å²) in [4.78, 5) is 0. The minimum atomic E-state index is 0.601. The Morgan fingerprint density at radius 3 is 1.44 bits per heavy atom. The maximum absolute atomic E-state index is 4.25. The van der Waals surface area contributed by atoms with Crippen LogP contribution in [0.15, 0.2) is 0 Å². The summed E-state index contributed by atoms with van der Waals surface area (Å²) in [5.74, 6) is 1.87. The van der Waals surface area contributed by atoms with Crippen molar-refractivity contribution in [2.45, 2.75) is 135 Å². The molecule has 0 aliphatic heterocycles. The largest absolute Gasteiger partial charge is 0.252 e. The van der Waals surface area contributed by atoms with Crippen LogP contribution in [0.3, 0.4) is 0 Å². The number of hydrogen-bond donors (Lipinski definition) is 0. The highest BCUT2D eigenvalue weighted by Crippen LogP contribution is 2.29. The number of rotatable bonds is 0. The third-order valence-electron chi connectivity index (χ3n) is 8.91. The van der Waals surface area contributed by atoms with E-state index >= 15 is 0 Å². The molecule has 0 radical (unpaired) electrons. The zero-order valence-electron chi connectivity index (χ0n) is 25.4. The quantitative estimate of drug-likeness (QED) is 0.344. The molecule has 3 aliphatic carbocycles. The van der Waals surface area contributed by atoms with E-state index in [4.69, 9.17) is 0 Å². The minimum Gasteiger partial charge on any atom is -0.252 e. The molecule has 39 heavy (non-hydrogen) atoms. The van der Waals surface area contributed by atoms with Crippen molar-refractivity contribution >= 4 is 0 Å². The number of fused-ring (bicyclic) bond motifs is 3. The molecule has 0 aromatic carbocycles. The summed E-state index contributed by atoms with van der Waals surface area (Å²) < 4.78 is 5.84. The first-order valence-corrected chi connectivity index (χ1v) is 15.5. The molecule has 3 heterocycles. The van der Waals surface area contributed by atoms with Gasteiger partial charge >= 0.3 is 0 Å². The van der Waals surface area contributed by atoms with Gasteiger partial charge < -0.3 is 0 Å². The highest BCUT2D eigenvalue weighted by atomic mass is 15.4. The third kappa shape index (κ3) is 7.54. The minimum absolute atomic E-state index is 0.601. The molecule has 3 aromatic rings. The van der Waals surface area contributed by atoms with E-state index in [0.717, 1.165) is 19.3 Å². The zero-order chi connectivity index (χ0) is 27.8. The molecule has 0 saturated carbocycles. The number of aryl methyl sites for hydroxylation is 5. The smallest absolute Gasteiger partial charge is 0.0887 e. The van der Waals surface area contributed by atoms with Gasteiger partial charge in [-0.05, 0) is 69.6 Å². The lowest BCUT2D eigenvalue weighted by molar-refractivity contribution is 0.529. The van der Waals surface area contributed by atoms with Gasteiger partial charge in [-0.1, -0.05) is 74.9 Å². The molecule has 9 heteroatoms. The van der Waals surface area contributed by atoms with Crippen LogP contribution in [0.25, 0.3) is 0 Å². The second-order valence-electron chi connectivity index (χ2n) is 12.1. The predicted molar refractivity (Wildman–Crippen MR) is 155 cm³/mol. The van der Waals surface area contributed by atoms with Gasteiger partial charge in [0, 0.05) is 27.1 Å². The molecular weight excluding hydrogens is 486 g/mol. The van der Waals surface area contributed by atoms with E-state index in [0.29, 0.717) is 17.8 Å². The van der Waals surface area contributed by atoms with E-state index in [-0.39, 0.29) is 0 Å². The van der Waals surface area contributed by atoms with Gasteiger partial charge in [-0.3, -0.25) is 14.0 Å². The van der Waals surface area contributed by atoms with Crippen molar-refractivity contribution in [3.8, 4) is 0 Å². The van der Waals surface area contributed by atoms with Crippen LogP contribution in [0.2, 0.25) is 0 Å². The third-order valence-corrected chi connectivity index (χ3v) is 8.91. The molecule has 216 valence electrons. The normalized spacial score (nSPS) is 23.4. The molecule has 3 unspecified atom stereocenters. The van der Waals surface area contributed by atoms with E-state index in [1.54, 1.807) is 0 Å². The van der Waals surface area contributed by atoms with Gasteiger partial charge in [0.05, 0.1) is 34.2 Å². The van der Waals surface area contributed by atoms with Gasteiger partial charge in [-0.2, -0.15) is 0 Å². The van der Waals surface area contributed by atoms with Crippen LogP contribution in [0.4, 0.5) is 0 Å². The van der Waals surface area contributed by atoms with Crippen LogP contribution in [0.1, 0.15) is 150 Å². The van der Waals surface area contributed by atoms with Crippen molar-refractivity contribution in [3.05, 3.63) is 34.2 Å². The summed E-state index contributed by atoms with van der Waals surface area (Å²) in [5.41, 5.74) is 7.78. The molecule has 0 saturated heterocycles. The Morgan fingerprint density at radius 2 is 0.923 bits per heavy atom. The van der Waals surface area contributed by atoms with Gasteiger partial charge in [-0.25, -0.2) is 0 Å². The summed E-state index contributed by atoms with van der Waals surface area (Å²) in [7, 11) is 6.01. The van der Waals surface area contributed by atoms with E-state index in [1.165, 1.54) is 111 Å². The maximum Gasteiger partial charge on any atom is 0.0887 e. The monoisotopic (exact) mass is 537 g/mol. The standard InChI is InChI=1S/3C10H17N3/c1-8-6-4-3-5-7-9-10(8)11-12-13(9)2;2*1-8-6-4-3-5-7-9-10(8)13(2)12-11-9/h3*8H,3-7H2,1-2H3. The fourth-order valence-electron chi connectivity index (χ4n) is 6.61. The average Bonchev–Trinajstić information content (AvgIpc) is 3.55. The molecule has 9 nitrogen and oxygen atoms in total. The van der Waals surface area contributed by atoms with Crippen molar-refractivity contribution in [1.82, 2.24) is 45.0 Å². The molecule has 0 fully saturated rings. The van der Waals surface area contributed by atoms with E-state index < -0.39 is 0 Å². The van der Waals surface area contributed by atoms with Crippen LogP contribution in [0, 0.1) is 0 Å². The van der Waals surface area contributed by atoms with Crippen LogP contribution in [-0.4, -0.2) is 45.0 Å². The predicted octanol–water partition coefficient (Wildman–Crippen LogP) is 6.11. The average molecular weight is 538 g/mol. The molecular formula is C30H51N9. The summed E-state index contributed by atoms with van der Waals surface area (Å²) in [5, 5.41) is 25.0. The lowest BCUT2D eigenvalue weighted by atomic mass is 9.93. The SMILES string of the molecule is CC1CCCCCc2c1nnn2C.CC1CCCCCc2nnn(C)c21.CC1CCCCCc2nnn(C)c21. The summed E-state index contributed by atoms with van der Waals surface area (Å²) >= 11 is 0. The van der Waals surface area contributed by atoms with Crippen molar-refractivity contribution in [1.29, 1.82) is 0 Å². The lowest BCUT2D eigenvalue weighted by Gasteiger charge is -2.15. The fraction of sp³-hybridized carbons (Fsp3) is 0.800. The Bertz CT molecular complexity index is 1100. The molecule has 6 rings (SSSR count). The summed E-state index contributed by atoms with van der Waals surface area (Å²) in [6, 6.07) is 0. The number of nitrogens with zero attached hydrogens (tertiary/aromatic N) is 9. The highest BCUT2D eigenvalue weighted by molar-refractivity contribution is 5.17. The molecule has 0 amide bonds. The first-order chi connectivity index (χ1) is 18.9. The van der Waals surface area contributed by atoms with Crippen LogP contribution in [0.5, 0.6) is 0 Å². The van der Waals surface area contributed by atoms with Crippen molar-refractivity contribution in [3.63, 3.8) is 0 Å². The molecule has 3 aliphatic rings. The molecule has 3 atom stereocenters. The van der Waals surface area contributed by atoms with Crippen LogP contribution < -0.4 is 0 Å². The van der Waals surface area contributed by atoms with Gasteiger partial charge in [0.1, 0.15) is 0 Å². The number of aromatic nitrogens is 9. The van der Waals surface area contributed by atoms with Gasteiger partial charge in [-0.15, -0.1) is 15.3 Å². The summed E-state index contributed by atoms with van der Waals surface area (Å²) in [6.45, 7) is 6.83. The Hall–Kier alpha value is -2.58. The second kappa shape index (κ2) is 14.2. The highest BCUT2D eigenvalue weighted by Gasteiger charge is 2.20. The van der Waals surface area contributed by atoms with Crippen molar-refractivity contribution in [2.75, 3.05) is 0 Å². The van der Waals surface area contributed by atoms with Gasteiger partial charge in [0.2, 0.25) is 0 Å². The van der Waals surface area contributed by atoms with Crippen molar-refractivity contribution in [2.24, 2.45) is 21.1 Å². The molecule has 0 bridgehead atoms. The van der Waals surface area contributed by atoms with Gasteiger partial charge in [0.25, 0.3) is 0 Å². The lowest BCUT2D eigenvalue weighted by Crippen LogP contribution is -2.07. The Balaban J connectivity index is 0.000000136. The number of hydrogen-bond acceptors (Lipinski definition) is 6. The first-order valence-electron chi connectivity index (χ1n) is 15.5. The van der Waals surface area contributed by atoms with Gasteiger partial charge in [0.15, 0.2) is 0 Å².